The molecule has 0 saturated carbocycles. The number of aromatic amines is 1. The van der Waals surface area contributed by atoms with Crippen molar-refractivity contribution in [2.75, 3.05) is 11.8 Å². The molecule has 0 atom stereocenters. The van der Waals surface area contributed by atoms with Crippen LogP contribution in [0.25, 0.3) is 0 Å². The van der Waals surface area contributed by atoms with Crippen LogP contribution >= 0.6 is 11.6 Å². The summed E-state index contributed by atoms with van der Waals surface area (Å²) in [6.07, 6.45) is 0. The molecule has 10 heteroatoms. The van der Waals surface area contributed by atoms with E-state index < -0.39 is 10.0 Å². The van der Waals surface area contributed by atoms with Crippen LogP contribution in [0.1, 0.15) is 5.56 Å². The van der Waals surface area contributed by atoms with Gasteiger partial charge in [0.2, 0.25) is 5.95 Å². The van der Waals surface area contributed by atoms with Crippen LogP contribution in [0.3, 0.4) is 0 Å². The van der Waals surface area contributed by atoms with Crippen LogP contribution < -0.4 is 9.46 Å². The Balaban J connectivity index is 2.38. The molecule has 104 valence electrons. The number of nitrogens with one attached hydrogen (secondary N) is 2. The van der Waals surface area contributed by atoms with Gasteiger partial charge in [0.25, 0.3) is 10.0 Å². The highest BCUT2D eigenvalue weighted by Crippen LogP contribution is 2.24. The molecule has 2 N–H and O–H groups in total. The standard InChI is InChI=1S/C10H8ClN5O3S/c1-19-10-13-9(14-15-10)16-20(17,18)8-4-6(5-12)2-3-7(8)11/h2-4H,1H3,(H2,13,14,15,16). The van der Waals surface area contributed by atoms with Gasteiger partial charge in [-0.05, 0) is 18.2 Å². The average molecular weight is 314 g/mol. The minimum atomic E-state index is -3.99. The van der Waals surface area contributed by atoms with Crippen LogP contribution in [0.4, 0.5) is 5.95 Å². The van der Waals surface area contributed by atoms with Crippen LogP contribution in [0.5, 0.6) is 6.01 Å². The largest absolute Gasteiger partial charge is 0.466 e. The van der Waals surface area contributed by atoms with Crippen molar-refractivity contribution in [3.8, 4) is 12.1 Å². The van der Waals surface area contributed by atoms with Gasteiger partial charge in [0.15, 0.2) is 0 Å². The molecule has 20 heavy (non-hydrogen) atoms. The van der Waals surface area contributed by atoms with Crippen LogP contribution in [-0.2, 0) is 10.0 Å². The first kappa shape index (κ1) is 14.1. The van der Waals surface area contributed by atoms with E-state index in [1.165, 1.54) is 19.2 Å². The topological polar surface area (TPSA) is 121 Å². The number of H-pyrrole nitrogens is 1. The minimum Gasteiger partial charge on any atom is -0.466 e. The summed E-state index contributed by atoms with van der Waals surface area (Å²) >= 11 is 5.84. The molecular weight excluding hydrogens is 306 g/mol. The maximum atomic E-state index is 12.2. The van der Waals surface area contributed by atoms with Gasteiger partial charge in [0.1, 0.15) is 4.90 Å². The summed E-state index contributed by atoms with van der Waals surface area (Å²) in [6, 6.07) is 5.73. The second-order valence-corrected chi connectivity index (χ2v) is 5.59. The summed E-state index contributed by atoms with van der Waals surface area (Å²) in [7, 11) is -2.65. The molecule has 0 spiro atoms. The fourth-order valence-corrected chi connectivity index (χ4v) is 2.83. The fraction of sp³-hybridized carbons (Fsp3) is 0.100. The lowest BCUT2D eigenvalue weighted by Gasteiger charge is -2.06. The number of nitrogens with zero attached hydrogens (tertiary/aromatic N) is 3. The number of halogens is 1. The first-order valence-electron chi connectivity index (χ1n) is 5.15. The Bertz CT molecular complexity index is 780. The smallest absolute Gasteiger partial charge is 0.336 e. The number of methoxy groups -OCH3 is 1. The Labute approximate surface area is 119 Å². The molecule has 0 fully saturated rings. The van der Waals surface area contributed by atoms with Crippen molar-refractivity contribution in [2.45, 2.75) is 4.90 Å². The lowest BCUT2D eigenvalue weighted by Crippen LogP contribution is -2.14. The third-order valence-corrected chi connectivity index (χ3v) is 4.05. The third-order valence-electron chi connectivity index (χ3n) is 2.23. The number of nitriles is 1. The molecule has 1 heterocycles. The van der Waals surface area contributed by atoms with Crippen LogP contribution in [0.15, 0.2) is 23.1 Å². The van der Waals surface area contributed by atoms with Gasteiger partial charge in [-0.15, -0.1) is 5.10 Å². The predicted molar refractivity (Wildman–Crippen MR) is 69.9 cm³/mol. The number of anilines is 1. The number of benzene rings is 1. The number of sulfonamides is 1. The zero-order valence-corrected chi connectivity index (χ0v) is 11.7. The Hall–Kier alpha value is -2.31. The van der Waals surface area contributed by atoms with Crippen LogP contribution in [-0.4, -0.2) is 30.7 Å². The average Bonchev–Trinajstić information content (AvgIpc) is 2.86. The number of aromatic nitrogens is 3. The second-order valence-electron chi connectivity index (χ2n) is 3.53. The maximum Gasteiger partial charge on any atom is 0.336 e. The van der Waals surface area contributed by atoms with Crippen LogP contribution in [0.2, 0.25) is 5.02 Å². The summed E-state index contributed by atoms with van der Waals surface area (Å²) in [6.45, 7) is 0. The molecule has 0 radical (unpaired) electrons. The molecule has 0 unspecified atom stereocenters. The Morgan fingerprint density at radius 3 is 2.85 bits per heavy atom. The molecule has 8 nitrogen and oxygen atoms in total. The van der Waals surface area contributed by atoms with Crippen molar-refractivity contribution in [3.63, 3.8) is 0 Å². The normalized spacial score (nSPS) is 10.8. The number of rotatable bonds is 4. The molecule has 0 aliphatic heterocycles. The van der Waals surface area contributed by atoms with Gasteiger partial charge in [0.05, 0.1) is 23.8 Å². The second kappa shape index (κ2) is 5.36. The quantitative estimate of drug-likeness (QED) is 0.873. The van der Waals surface area contributed by atoms with Crippen molar-refractivity contribution < 1.29 is 13.2 Å². The van der Waals surface area contributed by atoms with Gasteiger partial charge in [-0.1, -0.05) is 11.6 Å². The first-order chi connectivity index (χ1) is 9.46. The molecule has 0 aliphatic carbocycles. The molecule has 1 aromatic carbocycles. The molecular formula is C10H8ClN5O3S. The van der Waals surface area contributed by atoms with E-state index in [0.29, 0.717) is 0 Å². The summed E-state index contributed by atoms with van der Waals surface area (Å²) < 4.78 is 31.2. The van der Waals surface area contributed by atoms with Crippen molar-refractivity contribution in [3.05, 3.63) is 28.8 Å². The molecule has 0 aliphatic rings. The summed E-state index contributed by atoms with van der Waals surface area (Å²) in [5.74, 6) is -0.125. The zero-order chi connectivity index (χ0) is 14.8. The fourth-order valence-electron chi connectivity index (χ4n) is 1.34. The first-order valence-corrected chi connectivity index (χ1v) is 7.01. The highest BCUT2D eigenvalue weighted by atomic mass is 35.5. The van der Waals surface area contributed by atoms with E-state index in [2.05, 4.69) is 19.9 Å². The predicted octanol–water partition coefficient (Wildman–Crippen LogP) is 1.14. The number of hydrogen-bond acceptors (Lipinski definition) is 6. The summed E-state index contributed by atoms with van der Waals surface area (Å²) in [4.78, 5) is 3.50. The van der Waals surface area contributed by atoms with Gasteiger partial charge in [-0.3, -0.25) is 0 Å². The molecule has 2 rings (SSSR count). The van der Waals surface area contributed by atoms with Crippen LogP contribution in [0, 0.1) is 11.3 Å². The number of ether oxygens (including phenoxy) is 1. The van der Waals surface area contributed by atoms with Gasteiger partial charge in [0, 0.05) is 0 Å². The van der Waals surface area contributed by atoms with E-state index in [1.54, 1.807) is 0 Å². The minimum absolute atomic E-state index is 0.0111. The van der Waals surface area contributed by atoms with E-state index in [4.69, 9.17) is 21.6 Å². The molecule has 2 aromatic rings. The number of hydrogen-bond donors (Lipinski definition) is 2. The van der Waals surface area contributed by atoms with E-state index >= 15 is 0 Å². The lowest BCUT2D eigenvalue weighted by atomic mass is 10.2. The lowest BCUT2D eigenvalue weighted by molar-refractivity contribution is 0.382. The molecule has 1 aromatic heterocycles. The Morgan fingerprint density at radius 1 is 1.50 bits per heavy atom. The maximum absolute atomic E-state index is 12.2. The van der Waals surface area contributed by atoms with Crippen molar-refractivity contribution >= 4 is 27.6 Å². The molecule has 0 amide bonds. The van der Waals surface area contributed by atoms with Crippen molar-refractivity contribution in [1.29, 1.82) is 5.26 Å². The highest BCUT2D eigenvalue weighted by molar-refractivity contribution is 7.92. The van der Waals surface area contributed by atoms with Crippen molar-refractivity contribution in [1.82, 2.24) is 15.2 Å². The van der Waals surface area contributed by atoms with E-state index in [1.807, 2.05) is 6.07 Å². The molecule has 0 bridgehead atoms. The molecule has 0 saturated heterocycles. The highest BCUT2D eigenvalue weighted by Gasteiger charge is 2.20. The van der Waals surface area contributed by atoms with Crippen molar-refractivity contribution in [2.24, 2.45) is 0 Å². The Morgan fingerprint density at radius 2 is 2.25 bits per heavy atom. The zero-order valence-electron chi connectivity index (χ0n) is 10.1. The summed E-state index contributed by atoms with van der Waals surface area (Å²) in [5.41, 5.74) is 0.171. The SMILES string of the molecule is COc1n[nH]c(NS(=O)(=O)c2cc(C#N)ccc2Cl)n1. The van der Waals surface area contributed by atoms with Gasteiger partial charge < -0.3 is 4.74 Å². The van der Waals surface area contributed by atoms with E-state index in [0.717, 1.165) is 6.07 Å². The van der Waals surface area contributed by atoms with Gasteiger partial charge in [-0.25, -0.2) is 18.2 Å². The summed E-state index contributed by atoms with van der Waals surface area (Å²) in [5, 5.41) is 14.7. The van der Waals surface area contributed by atoms with Gasteiger partial charge >= 0.3 is 6.01 Å². The Kier molecular flexibility index (Phi) is 3.78. The van der Waals surface area contributed by atoms with Gasteiger partial charge in [-0.2, -0.15) is 10.2 Å². The third kappa shape index (κ3) is 2.81. The van der Waals surface area contributed by atoms with E-state index in [-0.39, 0.29) is 27.4 Å². The monoisotopic (exact) mass is 313 g/mol. The van der Waals surface area contributed by atoms with E-state index in [9.17, 15) is 8.42 Å².